The Morgan fingerprint density at radius 3 is 2.85 bits per heavy atom. The summed E-state index contributed by atoms with van der Waals surface area (Å²) >= 11 is 0. The van der Waals surface area contributed by atoms with Crippen molar-refractivity contribution in [3.63, 3.8) is 0 Å². The first-order valence-electron chi connectivity index (χ1n) is 7.03. The Bertz CT molecular complexity index is 534. The van der Waals surface area contributed by atoms with Gasteiger partial charge in [0.25, 0.3) is 0 Å². The molecule has 1 aromatic carbocycles. The molecule has 2 atom stereocenters. The van der Waals surface area contributed by atoms with Gasteiger partial charge in [0.15, 0.2) is 0 Å². The molecule has 0 spiro atoms. The average Bonchev–Trinajstić information content (AvgIpc) is 2.47. The summed E-state index contributed by atoms with van der Waals surface area (Å²) in [5.41, 5.74) is 2.13. The van der Waals surface area contributed by atoms with Crippen LogP contribution in [-0.2, 0) is 9.59 Å². The fourth-order valence-corrected chi connectivity index (χ4v) is 2.95. The third-order valence-corrected chi connectivity index (χ3v) is 4.13. The summed E-state index contributed by atoms with van der Waals surface area (Å²) in [5.74, 6) is 0.240. The highest BCUT2D eigenvalue weighted by Crippen LogP contribution is 2.33. The van der Waals surface area contributed by atoms with E-state index in [1.54, 1.807) is 4.90 Å². The maximum atomic E-state index is 12.1. The van der Waals surface area contributed by atoms with Gasteiger partial charge in [-0.25, -0.2) is 0 Å². The van der Waals surface area contributed by atoms with E-state index in [2.05, 4.69) is 16.7 Å². The van der Waals surface area contributed by atoms with Crippen LogP contribution in [0.1, 0.15) is 30.9 Å². The molecule has 20 heavy (non-hydrogen) atoms. The SMILES string of the molecule is CN1C(=O)CC(NC2CCC(=O)NC2)c2ccccc21. The molecular weight excluding hydrogens is 254 g/mol. The van der Waals surface area contributed by atoms with E-state index in [0.717, 1.165) is 17.7 Å². The van der Waals surface area contributed by atoms with Gasteiger partial charge in [-0.05, 0) is 18.1 Å². The summed E-state index contributed by atoms with van der Waals surface area (Å²) in [6, 6.07) is 8.27. The van der Waals surface area contributed by atoms with Gasteiger partial charge in [0.05, 0.1) is 0 Å². The molecule has 1 aromatic rings. The van der Waals surface area contributed by atoms with E-state index in [4.69, 9.17) is 0 Å². The van der Waals surface area contributed by atoms with E-state index < -0.39 is 0 Å². The maximum Gasteiger partial charge on any atom is 0.228 e. The topological polar surface area (TPSA) is 61.4 Å². The Hall–Kier alpha value is -1.88. The smallest absolute Gasteiger partial charge is 0.228 e. The van der Waals surface area contributed by atoms with Gasteiger partial charge in [-0.15, -0.1) is 0 Å². The molecule has 2 N–H and O–H groups in total. The second-order valence-electron chi connectivity index (χ2n) is 5.47. The van der Waals surface area contributed by atoms with Crippen LogP contribution in [0.25, 0.3) is 0 Å². The molecule has 0 aliphatic carbocycles. The van der Waals surface area contributed by atoms with Gasteiger partial charge >= 0.3 is 0 Å². The quantitative estimate of drug-likeness (QED) is 0.844. The molecule has 0 aromatic heterocycles. The molecule has 106 valence electrons. The van der Waals surface area contributed by atoms with Gasteiger partial charge in [0, 0.05) is 44.2 Å². The molecule has 0 saturated carbocycles. The number of benzene rings is 1. The van der Waals surface area contributed by atoms with Gasteiger partial charge in [-0.1, -0.05) is 18.2 Å². The molecule has 0 radical (unpaired) electrons. The number of carbonyl (C=O) groups excluding carboxylic acids is 2. The summed E-state index contributed by atoms with van der Waals surface area (Å²) in [7, 11) is 1.82. The van der Waals surface area contributed by atoms with E-state index in [1.165, 1.54) is 0 Å². The third-order valence-electron chi connectivity index (χ3n) is 4.13. The number of nitrogens with zero attached hydrogens (tertiary/aromatic N) is 1. The van der Waals surface area contributed by atoms with Crippen LogP contribution in [0.3, 0.4) is 0 Å². The predicted octanol–water partition coefficient (Wildman–Crippen LogP) is 0.962. The summed E-state index contributed by atoms with van der Waals surface area (Å²) < 4.78 is 0. The maximum absolute atomic E-state index is 12.1. The molecule has 3 rings (SSSR count). The van der Waals surface area contributed by atoms with Crippen LogP contribution in [0.4, 0.5) is 5.69 Å². The standard InChI is InChI=1S/C15H19N3O2/c1-18-13-5-3-2-4-11(13)12(8-15(18)20)17-10-6-7-14(19)16-9-10/h2-5,10,12,17H,6-9H2,1H3,(H,16,19). The largest absolute Gasteiger partial charge is 0.355 e. The molecular formula is C15H19N3O2. The summed E-state index contributed by atoms with van der Waals surface area (Å²) in [6.45, 7) is 0.640. The third kappa shape index (κ3) is 2.41. The van der Waals surface area contributed by atoms with E-state index in [9.17, 15) is 9.59 Å². The number of hydrogen-bond acceptors (Lipinski definition) is 3. The van der Waals surface area contributed by atoms with Gasteiger partial charge in [0.1, 0.15) is 0 Å². The first-order chi connectivity index (χ1) is 9.65. The molecule has 5 heteroatoms. The van der Waals surface area contributed by atoms with E-state index in [0.29, 0.717) is 19.4 Å². The summed E-state index contributed by atoms with van der Waals surface area (Å²) in [6.07, 6.45) is 1.85. The summed E-state index contributed by atoms with van der Waals surface area (Å²) in [4.78, 5) is 25.0. The normalized spacial score (nSPS) is 26.1. The van der Waals surface area contributed by atoms with Crippen LogP contribution in [0.15, 0.2) is 24.3 Å². The lowest BCUT2D eigenvalue weighted by atomic mass is 9.94. The minimum atomic E-state index is 0.0369. The van der Waals surface area contributed by atoms with Crippen LogP contribution >= 0.6 is 0 Å². The highest BCUT2D eigenvalue weighted by molar-refractivity contribution is 5.96. The molecule has 2 aliphatic heterocycles. The van der Waals surface area contributed by atoms with E-state index in [-0.39, 0.29) is 23.9 Å². The molecule has 2 unspecified atom stereocenters. The Labute approximate surface area is 118 Å². The number of amides is 2. The lowest BCUT2D eigenvalue weighted by molar-refractivity contribution is -0.123. The first kappa shape index (κ1) is 13.1. The summed E-state index contributed by atoms with van der Waals surface area (Å²) in [5, 5.41) is 6.39. The average molecular weight is 273 g/mol. The molecule has 5 nitrogen and oxygen atoms in total. The van der Waals surface area contributed by atoms with Crippen molar-refractivity contribution in [2.75, 3.05) is 18.5 Å². The van der Waals surface area contributed by atoms with Gasteiger partial charge in [-0.3, -0.25) is 9.59 Å². The number of carbonyl (C=O) groups is 2. The number of rotatable bonds is 2. The second kappa shape index (κ2) is 5.25. The number of anilines is 1. The van der Waals surface area contributed by atoms with Crippen molar-refractivity contribution in [1.29, 1.82) is 0 Å². The number of para-hydroxylation sites is 1. The Morgan fingerprint density at radius 2 is 2.10 bits per heavy atom. The minimum Gasteiger partial charge on any atom is -0.355 e. The van der Waals surface area contributed by atoms with Gasteiger partial charge in [-0.2, -0.15) is 0 Å². The Morgan fingerprint density at radius 1 is 1.30 bits per heavy atom. The molecule has 0 bridgehead atoms. The van der Waals surface area contributed by atoms with Crippen LogP contribution in [0, 0.1) is 0 Å². The molecule has 2 amide bonds. The van der Waals surface area contributed by atoms with Crippen molar-refractivity contribution in [1.82, 2.24) is 10.6 Å². The van der Waals surface area contributed by atoms with Crippen LogP contribution in [0.5, 0.6) is 0 Å². The Balaban J connectivity index is 1.78. The highest BCUT2D eigenvalue weighted by Gasteiger charge is 2.31. The zero-order valence-corrected chi connectivity index (χ0v) is 11.6. The van der Waals surface area contributed by atoms with Crippen molar-refractivity contribution >= 4 is 17.5 Å². The molecule has 1 saturated heterocycles. The zero-order chi connectivity index (χ0) is 14.1. The number of fused-ring (bicyclic) bond motifs is 1. The predicted molar refractivity (Wildman–Crippen MR) is 76.4 cm³/mol. The molecule has 2 aliphatic rings. The minimum absolute atomic E-state index is 0.0369. The first-order valence-corrected chi connectivity index (χ1v) is 7.03. The van der Waals surface area contributed by atoms with Crippen molar-refractivity contribution in [3.8, 4) is 0 Å². The fourth-order valence-electron chi connectivity index (χ4n) is 2.95. The highest BCUT2D eigenvalue weighted by atomic mass is 16.2. The lowest BCUT2D eigenvalue weighted by Crippen LogP contribution is -2.48. The van der Waals surface area contributed by atoms with Crippen LogP contribution in [-0.4, -0.2) is 31.4 Å². The zero-order valence-electron chi connectivity index (χ0n) is 11.6. The van der Waals surface area contributed by atoms with Crippen molar-refractivity contribution in [2.24, 2.45) is 0 Å². The monoisotopic (exact) mass is 273 g/mol. The molecule has 2 heterocycles. The van der Waals surface area contributed by atoms with Crippen molar-refractivity contribution < 1.29 is 9.59 Å². The van der Waals surface area contributed by atoms with Crippen molar-refractivity contribution in [2.45, 2.75) is 31.3 Å². The number of piperidine rings is 1. The van der Waals surface area contributed by atoms with E-state index in [1.807, 2.05) is 25.2 Å². The van der Waals surface area contributed by atoms with Crippen LogP contribution < -0.4 is 15.5 Å². The van der Waals surface area contributed by atoms with Gasteiger partial charge in [0.2, 0.25) is 11.8 Å². The van der Waals surface area contributed by atoms with Gasteiger partial charge < -0.3 is 15.5 Å². The second-order valence-corrected chi connectivity index (χ2v) is 5.47. The van der Waals surface area contributed by atoms with E-state index >= 15 is 0 Å². The fraction of sp³-hybridized carbons (Fsp3) is 0.467. The lowest BCUT2D eigenvalue weighted by Gasteiger charge is -2.35. The van der Waals surface area contributed by atoms with Crippen molar-refractivity contribution in [3.05, 3.63) is 29.8 Å². The van der Waals surface area contributed by atoms with Crippen LogP contribution in [0.2, 0.25) is 0 Å². The number of nitrogens with one attached hydrogen (secondary N) is 2. The molecule has 1 fully saturated rings. The Kier molecular flexibility index (Phi) is 3.44. The number of hydrogen-bond donors (Lipinski definition) is 2.